The van der Waals surface area contributed by atoms with Crippen molar-refractivity contribution in [2.24, 2.45) is 0 Å². The smallest absolute Gasteiger partial charge is 0.304 e. The summed E-state index contributed by atoms with van der Waals surface area (Å²) >= 11 is 1.64. The van der Waals surface area contributed by atoms with E-state index < -0.39 is 0 Å². The summed E-state index contributed by atoms with van der Waals surface area (Å²) in [5.74, 6) is 0. The second kappa shape index (κ2) is 2.65. The highest BCUT2D eigenvalue weighted by Crippen LogP contribution is 2.30. The Morgan fingerprint density at radius 1 is 1.21 bits per heavy atom. The molecule has 14 heavy (non-hydrogen) atoms. The number of thiophene rings is 1. The molecule has 0 radical (unpaired) electrons. The maximum Gasteiger partial charge on any atom is 0.345 e. The molecule has 1 N–H and O–H groups in total. The van der Waals surface area contributed by atoms with Crippen LogP contribution in [0, 0.1) is 0 Å². The number of H-pyrrole nitrogens is 1. The third kappa shape index (κ3) is 0.975. The van der Waals surface area contributed by atoms with Gasteiger partial charge in [-0.1, -0.05) is 18.2 Å². The average molecular weight is 202 g/mol. The first-order chi connectivity index (χ1) is 6.84. The number of aromatic nitrogens is 2. The molecular weight excluding hydrogens is 196 g/mol. The maximum absolute atomic E-state index is 11.1. The van der Waals surface area contributed by atoms with E-state index in [0.717, 1.165) is 15.6 Å². The van der Waals surface area contributed by atoms with Crippen molar-refractivity contribution in [3.63, 3.8) is 0 Å². The minimum atomic E-state index is -0.291. The summed E-state index contributed by atoms with van der Waals surface area (Å²) in [5.41, 5.74) is 0.603. The molecule has 0 aliphatic heterocycles. The molecule has 0 fully saturated rings. The maximum atomic E-state index is 11.1. The Bertz CT molecular complexity index is 668. The van der Waals surface area contributed by atoms with E-state index >= 15 is 0 Å². The van der Waals surface area contributed by atoms with Crippen LogP contribution in [-0.4, -0.2) is 9.97 Å². The molecule has 0 amide bonds. The Kier molecular flexibility index (Phi) is 1.46. The Hall–Kier alpha value is -1.68. The molecule has 0 unspecified atom stereocenters. The number of fused-ring (bicyclic) bond motifs is 3. The van der Waals surface area contributed by atoms with Crippen molar-refractivity contribution in [1.29, 1.82) is 0 Å². The average Bonchev–Trinajstić information content (AvgIpc) is 2.56. The number of hydrogen-bond acceptors (Lipinski definition) is 3. The van der Waals surface area contributed by atoms with Crippen molar-refractivity contribution in [2.75, 3.05) is 0 Å². The first-order valence-corrected chi connectivity index (χ1v) is 5.03. The number of hydrogen-bond donors (Lipinski definition) is 1. The fourth-order valence-electron chi connectivity index (χ4n) is 1.54. The standard InChI is InChI=1S/C10H6N2OS/c13-10-11-5-8-9(12-10)6-3-1-2-4-7(6)14-8/h1-5H,(H,11,12,13). The first-order valence-electron chi connectivity index (χ1n) is 4.21. The molecule has 0 aliphatic carbocycles. The van der Waals surface area contributed by atoms with Crippen LogP contribution in [0.2, 0.25) is 0 Å². The van der Waals surface area contributed by atoms with Crippen LogP contribution < -0.4 is 5.69 Å². The van der Waals surface area contributed by atoms with Crippen molar-refractivity contribution in [1.82, 2.24) is 9.97 Å². The highest BCUT2D eigenvalue weighted by molar-refractivity contribution is 7.25. The van der Waals surface area contributed by atoms with Gasteiger partial charge in [-0.05, 0) is 6.07 Å². The van der Waals surface area contributed by atoms with E-state index in [1.807, 2.05) is 24.3 Å². The van der Waals surface area contributed by atoms with Gasteiger partial charge in [0.25, 0.3) is 0 Å². The molecule has 0 aliphatic rings. The van der Waals surface area contributed by atoms with Crippen LogP contribution in [0.15, 0.2) is 35.3 Å². The largest absolute Gasteiger partial charge is 0.345 e. The van der Waals surface area contributed by atoms with Crippen LogP contribution in [0.3, 0.4) is 0 Å². The van der Waals surface area contributed by atoms with E-state index in [1.54, 1.807) is 17.5 Å². The number of aromatic amines is 1. The Labute approximate surface area is 83.0 Å². The zero-order chi connectivity index (χ0) is 9.54. The zero-order valence-electron chi connectivity index (χ0n) is 7.15. The van der Waals surface area contributed by atoms with Gasteiger partial charge in [0, 0.05) is 10.1 Å². The van der Waals surface area contributed by atoms with E-state index in [0.29, 0.717) is 0 Å². The van der Waals surface area contributed by atoms with Gasteiger partial charge in [0.05, 0.1) is 16.4 Å². The zero-order valence-corrected chi connectivity index (χ0v) is 7.97. The van der Waals surface area contributed by atoms with E-state index in [-0.39, 0.29) is 5.69 Å². The van der Waals surface area contributed by atoms with Gasteiger partial charge in [0.15, 0.2) is 0 Å². The Morgan fingerprint density at radius 3 is 3.00 bits per heavy atom. The van der Waals surface area contributed by atoms with Crippen LogP contribution in [-0.2, 0) is 0 Å². The van der Waals surface area contributed by atoms with Crippen molar-refractivity contribution < 1.29 is 0 Å². The van der Waals surface area contributed by atoms with Crippen LogP contribution in [0.25, 0.3) is 20.3 Å². The quantitative estimate of drug-likeness (QED) is 0.607. The van der Waals surface area contributed by atoms with Gasteiger partial charge in [0.2, 0.25) is 0 Å². The molecule has 3 aromatic rings. The highest BCUT2D eigenvalue weighted by atomic mass is 32.1. The van der Waals surface area contributed by atoms with Crippen LogP contribution in [0.1, 0.15) is 0 Å². The van der Waals surface area contributed by atoms with Gasteiger partial charge in [-0.15, -0.1) is 11.3 Å². The molecule has 0 saturated heterocycles. The molecule has 2 heterocycles. The molecule has 2 aromatic heterocycles. The van der Waals surface area contributed by atoms with Gasteiger partial charge in [-0.2, -0.15) is 0 Å². The van der Waals surface area contributed by atoms with Crippen molar-refractivity contribution in [3.8, 4) is 0 Å². The topological polar surface area (TPSA) is 45.8 Å². The second-order valence-electron chi connectivity index (χ2n) is 3.03. The van der Waals surface area contributed by atoms with E-state index in [9.17, 15) is 4.79 Å². The lowest BCUT2D eigenvalue weighted by Gasteiger charge is -1.88. The summed E-state index contributed by atoms with van der Waals surface area (Å²) in [7, 11) is 0. The SMILES string of the molecule is O=c1ncc2sc3ccccc3c2[nH]1. The first kappa shape index (κ1) is 7.70. The molecule has 0 bridgehead atoms. The summed E-state index contributed by atoms with van der Waals surface area (Å²) in [6.45, 7) is 0. The number of rotatable bonds is 0. The lowest BCUT2D eigenvalue weighted by atomic mass is 10.2. The molecule has 68 valence electrons. The molecule has 3 rings (SSSR count). The highest BCUT2D eigenvalue weighted by Gasteiger charge is 2.04. The summed E-state index contributed by atoms with van der Waals surface area (Å²) in [6, 6.07) is 8.00. The van der Waals surface area contributed by atoms with Gasteiger partial charge in [-0.3, -0.25) is 0 Å². The van der Waals surface area contributed by atoms with E-state index in [1.165, 1.54) is 4.70 Å². The van der Waals surface area contributed by atoms with Crippen LogP contribution >= 0.6 is 11.3 Å². The van der Waals surface area contributed by atoms with E-state index in [2.05, 4.69) is 9.97 Å². The van der Waals surface area contributed by atoms with Crippen LogP contribution in [0.4, 0.5) is 0 Å². The Morgan fingerprint density at radius 2 is 2.07 bits per heavy atom. The van der Waals surface area contributed by atoms with Gasteiger partial charge < -0.3 is 4.98 Å². The normalized spacial score (nSPS) is 11.1. The monoisotopic (exact) mass is 202 g/mol. The molecule has 1 aromatic carbocycles. The lowest BCUT2D eigenvalue weighted by molar-refractivity contribution is 1.13. The second-order valence-corrected chi connectivity index (χ2v) is 4.11. The molecular formula is C10H6N2OS. The summed E-state index contributed by atoms with van der Waals surface area (Å²) in [6.07, 6.45) is 1.62. The summed E-state index contributed by atoms with van der Waals surface area (Å²) in [4.78, 5) is 17.5. The minimum absolute atomic E-state index is 0.291. The Balaban J connectivity index is 2.65. The molecule has 4 heteroatoms. The third-order valence-electron chi connectivity index (χ3n) is 2.15. The lowest BCUT2D eigenvalue weighted by Crippen LogP contribution is -2.07. The fourth-order valence-corrected chi connectivity index (χ4v) is 2.57. The van der Waals surface area contributed by atoms with Gasteiger partial charge in [-0.25, -0.2) is 9.78 Å². The molecule has 0 atom stereocenters. The van der Waals surface area contributed by atoms with Crippen molar-refractivity contribution in [3.05, 3.63) is 40.9 Å². The minimum Gasteiger partial charge on any atom is -0.304 e. The predicted octanol–water partition coefficient (Wildman–Crippen LogP) is 2.14. The van der Waals surface area contributed by atoms with Crippen molar-refractivity contribution >= 4 is 31.6 Å². The van der Waals surface area contributed by atoms with Crippen LogP contribution in [0.5, 0.6) is 0 Å². The molecule has 0 spiro atoms. The van der Waals surface area contributed by atoms with E-state index in [4.69, 9.17) is 0 Å². The summed E-state index contributed by atoms with van der Waals surface area (Å²) < 4.78 is 2.19. The van der Waals surface area contributed by atoms with Crippen molar-refractivity contribution in [2.45, 2.75) is 0 Å². The van der Waals surface area contributed by atoms with Gasteiger partial charge in [0.1, 0.15) is 0 Å². The van der Waals surface area contributed by atoms with Gasteiger partial charge >= 0.3 is 5.69 Å². The molecule has 0 saturated carbocycles. The molecule has 3 nitrogen and oxygen atoms in total. The fraction of sp³-hybridized carbons (Fsp3) is 0. The number of benzene rings is 1. The number of nitrogens with zero attached hydrogens (tertiary/aromatic N) is 1. The predicted molar refractivity (Wildman–Crippen MR) is 57.7 cm³/mol. The number of nitrogens with one attached hydrogen (secondary N) is 1. The third-order valence-corrected chi connectivity index (χ3v) is 3.26. The summed E-state index contributed by atoms with van der Waals surface area (Å²) in [5, 5.41) is 1.09.